The molecule has 2 aromatic rings. The van der Waals surface area contributed by atoms with Gasteiger partial charge in [0.2, 0.25) is 5.91 Å². The molecule has 22 heavy (non-hydrogen) atoms. The molecule has 0 fully saturated rings. The van der Waals surface area contributed by atoms with Gasteiger partial charge in [-0.05, 0) is 30.7 Å². The van der Waals surface area contributed by atoms with Crippen molar-refractivity contribution in [2.24, 2.45) is 0 Å². The number of halogens is 1. The van der Waals surface area contributed by atoms with Crippen molar-refractivity contribution in [1.29, 1.82) is 0 Å². The summed E-state index contributed by atoms with van der Waals surface area (Å²) in [6.45, 7) is 2.71. The minimum absolute atomic E-state index is 0.120. The summed E-state index contributed by atoms with van der Waals surface area (Å²) in [5.74, 6) is 0.120. The summed E-state index contributed by atoms with van der Waals surface area (Å²) >= 11 is 7.65. The maximum Gasteiger partial charge on any atom is 0.245 e. The lowest BCUT2D eigenvalue weighted by molar-refractivity contribution is -0.130. The average Bonchev–Trinajstić information content (AvgIpc) is 3.09. The molecule has 0 spiro atoms. The van der Waals surface area contributed by atoms with Crippen LogP contribution in [0.5, 0.6) is 0 Å². The molecule has 1 aromatic carbocycles. The number of carbonyl (C=O) groups excluding carboxylic acids is 1. The number of hydrogen-bond acceptors (Lipinski definition) is 4. The molecular weight excluding hydrogens is 318 g/mol. The Kier molecular flexibility index (Phi) is 4.36. The second kappa shape index (κ2) is 6.26. The maximum atomic E-state index is 12.6. The van der Waals surface area contributed by atoms with E-state index in [1.807, 2.05) is 37.7 Å². The van der Waals surface area contributed by atoms with Crippen LogP contribution in [0.15, 0.2) is 23.7 Å². The molecule has 6 heteroatoms. The molecule has 0 bridgehead atoms. The molecule has 0 radical (unpaired) electrons. The van der Waals surface area contributed by atoms with Crippen molar-refractivity contribution < 1.29 is 4.79 Å². The van der Waals surface area contributed by atoms with Gasteiger partial charge in [0.25, 0.3) is 0 Å². The number of hydrogen-bond donors (Lipinski definition) is 1. The van der Waals surface area contributed by atoms with E-state index in [1.165, 1.54) is 4.88 Å². The van der Waals surface area contributed by atoms with Crippen LogP contribution in [0.2, 0.25) is 5.02 Å². The fraction of sp³-hybridized carbons (Fsp3) is 0.375. The molecule has 1 aliphatic heterocycles. The topological polar surface area (TPSA) is 45.2 Å². The van der Waals surface area contributed by atoms with E-state index < -0.39 is 0 Å². The molecule has 2 heterocycles. The average molecular weight is 336 g/mol. The number of aromatic nitrogens is 1. The molecule has 1 aliphatic rings. The van der Waals surface area contributed by atoms with E-state index in [0.29, 0.717) is 18.0 Å². The Morgan fingerprint density at radius 2 is 2.36 bits per heavy atom. The largest absolute Gasteiger partial charge is 0.373 e. The zero-order chi connectivity index (χ0) is 15.7. The van der Waals surface area contributed by atoms with Crippen LogP contribution in [-0.2, 0) is 17.6 Å². The van der Waals surface area contributed by atoms with Gasteiger partial charge in [0.1, 0.15) is 6.04 Å². The van der Waals surface area contributed by atoms with E-state index >= 15 is 0 Å². The van der Waals surface area contributed by atoms with E-state index in [4.69, 9.17) is 11.6 Å². The highest BCUT2D eigenvalue weighted by molar-refractivity contribution is 7.09. The first kappa shape index (κ1) is 15.3. The van der Waals surface area contributed by atoms with Crippen LogP contribution in [0.4, 0.5) is 5.69 Å². The molecule has 1 unspecified atom stereocenters. The first-order valence-corrected chi connectivity index (χ1v) is 8.49. The van der Waals surface area contributed by atoms with E-state index in [2.05, 4.69) is 10.3 Å². The standard InChI is InChI=1S/C16H18ClN3OS/c1-10-15(22-9-18-10)5-6-20(2)16(21)14-8-11-7-12(17)3-4-13(11)19-14/h3-4,7,9,14,19H,5-6,8H2,1-2H3. The number of amides is 1. The van der Waals surface area contributed by atoms with Crippen molar-refractivity contribution in [3.05, 3.63) is 44.9 Å². The summed E-state index contributed by atoms with van der Waals surface area (Å²) in [5, 5.41) is 4.00. The van der Waals surface area contributed by atoms with E-state index in [9.17, 15) is 4.79 Å². The first-order valence-electron chi connectivity index (χ1n) is 7.23. The summed E-state index contributed by atoms with van der Waals surface area (Å²) in [6, 6.07) is 5.51. The van der Waals surface area contributed by atoms with Gasteiger partial charge in [-0.25, -0.2) is 4.98 Å². The van der Waals surface area contributed by atoms with Gasteiger partial charge < -0.3 is 10.2 Å². The Hall–Kier alpha value is -1.59. The number of anilines is 1. The summed E-state index contributed by atoms with van der Waals surface area (Å²) in [4.78, 5) is 19.8. The lowest BCUT2D eigenvalue weighted by Gasteiger charge is -2.21. The number of thiazole rings is 1. The van der Waals surface area contributed by atoms with Crippen LogP contribution >= 0.6 is 22.9 Å². The summed E-state index contributed by atoms with van der Waals surface area (Å²) in [5.41, 5.74) is 5.03. The summed E-state index contributed by atoms with van der Waals surface area (Å²) in [7, 11) is 1.86. The van der Waals surface area contributed by atoms with Gasteiger partial charge in [-0.2, -0.15) is 0 Å². The molecule has 3 rings (SSSR count). The zero-order valence-electron chi connectivity index (χ0n) is 12.6. The van der Waals surface area contributed by atoms with Crippen LogP contribution in [-0.4, -0.2) is 35.4 Å². The van der Waals surface area contributed by atoms with Crippen molar-refractivity contribution >= 4 is 34.5 Å². The second-order valence-corrected chi connectivity index (χ2v) is 6.95. The fourth-order valence-electron chi connectivity index (χ4n) is 2.69. The van der Waals surface area contributed by atoms with E-state index in [1.54, 1.807) is 16.2 Å². The lowest BCUT2D eigenvalue weighted by Crippen LogP contribution is -2.40. The number of benzene rings is 1. The molecule has 4 nitrogen and oxygen atoms in total. The molecule has 1 N–H and O–H groups in total. The number of fused-ring (bicyclic) bond motifs is 1. The number of aryl methyl sites for hydroxylation is 1. The van der Waals surface area contributed by atoms with Crippen LogP contribution in [0.1, 0.15) is 16.1 Å². The van der Waals surface area contributed by atoms with Crippen LogP contribution in [0.3, 0.4) is 0 Å². The molecule has 1 amide bonds. The van der Waals surface area contributed by atoms with Gasteiger partial charge in [-0.1, -0.05) is 11.6 Å². The molecule has 1 atom stereocenters. The van der Waals surface area contributed by atoms with E-state index in [0.717, 1.165) is 23.4 Å². The fourth-order valence-corrected chi connectivity index (χ4v) is 3.66. The van der Waals surface area contributed by atoms with Gasteiger partial charge in [0.15, 0.2) is 0 Å². The normalized spacial score (nSPS) is 16.2. The maximum absolute atomic E-state index is 12.6. The quantitative estimate of drug-likeness (QED) is 0.933. The van der Waals surface area contributed by atoms with Gasteiger partial charge >= 0.3 is 0 Å². The van der Waals surface area contributed by atoms with Crippen molar-refractivity contribution in [3.63, 3.8) is 0 Å². The predicted octanol–water partition coefficient (Wildman–Crippen LogP) is 3.14. The highest BCUT2D eigenvalue weighted by Gasteiger charge is 2.28. The van der Waals surface area contributed by atoms with Gasteiger partial charge in [0, 0.05) is 42.0 Å². The van der Waals surface area contributed by atoms with Crippen LogP contribution < -0.4 is 5.32 Å². The van der Waals surface area contributed by atoms with E-state index in [-0.39, 0.29) is 11.9 Å². The summed E-state index contributed by atoms with van der Waals surface area (Å²) in [6.07, 6.45) is 1.54. The second-order valence-electron chi connectivity index (χ2n) is 5.57. The van der Waals surface area contributed by atoms with Crippen molar-refractivity contribution in [2.45, 2.75) is 25.8 Å². The third-order valence-electron chi connectivity index (χ3n) is 4.01. The van der Waals surface area contributed by atoms with Gasteiger partial charge in [-0.3, -0.25) is 4.79 Å². The summed E-state index contributed by atoms with van der Waals surface area (Å²) < 4.78 is 0. The minimum atomic E-state index is -0.193. The molecule has 0 saturated carbocycles. The monoisotopic (exact) mass is 335 g/mol. The highest BCUT2D eigenvalue weighted by Crippen LogP contribution is 2.29. The van der Waals surface area contributed by atoms with Crippen molar-refractivity contribution in [1.82, 2.24) is 9.88 Å². The van der Waals surface area contributed by atoms with Crippen LogP contribution in [0.25, 0.3) is 0 Å². The minimum Gasteiger partial charge on any atom is -0.373 e. The molecule has 0 aliphatic carbocycles. The Morgan fingerprint density at radius 3 is 3.09 bits per heavy atom. The predicted molar refractivity (Wildman–Crippen MR) is 90.8 cm³/mol. The molecule has 1 aromatic heterocycles. The number of nitrogens with zero attached hydrogens (tertiary/aromatic N) is 2. The number of likely N-dealkylation sites (N-methyl/N-ethyl adjacent to an activating group) is 1. The Morgan fingerprint density at radius 1 is 1.55 bits per heavy atom. The van der Waals surface area contributed by atoms with Crippen LogP contribution in [0, 0.1) is 6.92 Å². The Bertz CT molecular complexity index is 700. The highest BCUT2D eigenvalue weighted by atomic mass is 35.5. The van der Waals surface area contributed by atoms with Gasteiger partial charge in [-0.15, -0.1) is 11.3 Å². The Labute approximate surface area is 139 Å². The third-order valence-corrected chi connectivity index (χ3v) is 5.24. The van der Waals surface area contributed by atoms with Gasteiger partial charge in [0.05, 0.1) is 11.2 Å². The van der Waals surface area contributed by atoms with Crippen molar-refractivity contribution in [2.75, 3.05) is 18.9 Å². The SMILES string of the molecule is Cc1ncsc1CCN(C)C(=O)C1Cc2cc(Cl)ccc2N1. The number of rotatable bonds is 4. The zero-order valence-corrected chi connectivity index (χ0v) is 14.2. The Balaban J connectivity index is 1.59. The number of nitrogens with one attached hydrogen (secondary N) is 1. The molecule has 0 saturated heterocycles. The first-order chi connectivity index (χ1) is 10.5. The van der Waals surface area contributed by atoms with Crippen molar-refractivity contribution in [3.8, 4) is 0 Å². The molecule has 116 valence electrons. The third kappa shape index (κ3) is 3.10. The number of carbonyl (C=O) groups is 1. The smallest absolute Gasteiger partial charge is 0.245 e. The molecular formula is C16H18ClN3OS. The lowest BCUT2D eigenvalue weighted by atomic mass is 10.1.